The molecule has 0 bridgehead atoms. The zero-order valence-electron chi connectivity index (χ0n) is 19.2. The fourth-order valence-corrected chi connectivity index (χ4v) is 3.31. The van der Waals surface area contributed by atoms with Crippen molar-refractivity contribution in [3.63, 3.8) is 0 Å². The molecule has 2 aromatic carbocycles. The Balaban J connectivity index is 1.92. The number of nitrogens with one attached hydrogen (secondary N) is 1. The smallest absolute Gasteiger partial charge is 0.267 e. The lowest BCUT2D eigenvalue weighted by Crippen LogP contribution is -2.47. The number of alkyl halides is 3. The van der Waals surface area contributed by atoms with Gasteiger partial charge in [0.25, 0.3) is 5.91 Å². The van der Waals surface area contributed by atoms with Gasteiger partial charge in [0, 0.05) is 18.2 Å². The fourth-order valence-electron chi connectivity index (χ4n) is 3.31. The Morgan fingerprint density at radius 3 is 2.26 bits per heavy atom. The number of amides is 1. The third-order valence-electron chi connectivity index (χ3n) is 4.85. The summed E-state index contributed by atoms with van der Waals surface area (Å²) < 4.78 is 39.9. The van der Waals surface area contributed by atoms with E-state index >= 15 is 0 Å². The molecule has 34 heavy (non-hydrogen) atoms. The van der Waals surface area contributed by atoms with Gasteiger partial charge in [-0.05, 0) is 41.2 Å². The van der Waals surface area contributed by atoms with E-state index in [1.807, 2.05) is 64.1 Å². The first-order valence-corrected chi connectivity index (χ1v) is 10.5. The second kappa shape index (κ2) is 9.51. The molecular formula is C25H24F3N5O. The van der Waals surface area contributed by atoms with Crippen LogP contribution >= 0.6 is 0 Å². The van der Waals surface area contributed by atoms with E-state index in [1.54, 1.807) is 18.2 Å². The number of hydrogen-bond acceptors (Lipinski definition) is 5. The number of benzene rings is 2. The van der Waals surface area contributed by atoms with Gasteiger partial charge in [0.05, 0.1) is 0 Å². The van der Waals surface area contributed by atoms with Gasteiger partial charge in [-0.15, -0.1) is 0 Å². The summed E-state index contributed by atoms with van der Waals surface area (Å²) in [5.74, 6) is -1.38. The Hall–Kier alpha value is -3.93. The van der Waals surface area contributed by atoms with Crippen molar-refractivity contribution in [1.29, 1.82) is 5.26 Å². The normalized spacial score (nSPS) is 11.6. The molecule has 176 valence electrons. The SMILES string of the molecule is Cc1ccccc1-c1ccc(C(=O)NN(CC(C)(C)C)c2cc(C(F)(F)F)nc(C#N)n2)cc1. The van der Waals surface area contributed by atoms with Gasteiger partial charge >= 0.3 is 6.18 Å². The van der Waals surface area contributed by atoms with Crippen molar-refractivity contribution in [3.8, 4) is 17.2 Å². The van der Waals surface area contributed by atoms with Crippen LogP contribution in [0.3, 0.4) is 0 Å². The Labute approximate surface area is 196 Å². The zero-order valence-corrected chi connectivity index (χ0v) is 19.2. The number of hydrogen-bond donors (Lipinski definition) is 1. The summed E-state index contributed by atoms with van der Waals surface area (Å²) in [5, 5.41) is 10.3. The molecule has 0 saturated carbocycles. The number of hydrazine groups is 1. The van der Waals surface area contributed by atoms with E-state index in [0.29, 0.717) is 11.6 Å². The van der Waals surface area contributed by atoms with Crippen LogP contribution in [0.25, 0.3) is 11.1 Å². The van der Waals surface area contributed by atoms with Gasteiger partial charge in [0.15, 0.2) is 11.5 Å². The molecule has 6 nitrogen and oxygen atoms in total. The molecule has 1 amide bonds. The van der Waals surface area contributed by atoms with Crippen LogP contribution < -0.4 is 10.4 Å². The number of nitrogens with zero attached hydrogens (tertiary/aromatic N) is 4. The maximum absolute atomic E-state index is 13.3. The van der Waals surface area contributed by atoms with E-state index in [2.05, 4.69) is 15.4 Å². The lowest BCUT2D eigenvalue weighted by molar-refractivity contribution is -0.141. The Morgan fingerprint density at radius 1 is 1.06 bits per heavy atom. The molecule has 0 aliphatic heterocycles. The second-order valence-electron chi connectivity index (χ2n) is 9.02. The Kier molecular flexibility index (Phi) is 6.91. The van der Waals surface area contributed by atoms with E-state index < -0.39 is 29.0 Å². The third kappa shape index (κ3) is 6.10. The third-order valence-corrected chi connectivity index (χ3v) is 4.85. The van der Waals surface area contributed by atoms with Crippen LogP contribution in [0.15, 0.2) is 54.6 Å². The van der Waals surface area contributed by atoms with Crippen molar-refractivity contribution in [3.05, 3.63) is 77.2 Å². The topological polar surface area (TPSA) is 81.9 Å². The Bertz CT molecular complexity index is 1230. The van der Waals surface area contributed by atoms with Gasteiger partial charge in [0.1, 0.15) is 6.07 Å². The first-order valence-electron chi connectivity index (χ1n) is 10.5. The van der Waals surface area contributed by atoms with Crippen molar-refractivity contribution in [2.45, 2.75) is 33.9 Å². The molecule has 0 atom stereocenters. The van der Waals surface area contributed by atoms with E-state index in [9.17, 15) is 18.0 Å². The van der Waals surface area contributed by atoms with Crippen molar-refractivity contribution in [1.82, 2.24) is 15.4 Å². The molecule has 3 rings (SSSR count). The molecule has 1 aromatic heterocycles. The van der Waals surface area contributed by atoms with Crippen molar-refractivity contribution < 1.29 is 18.0 Å². The molecule has 0 aliphatic rings. The second-order valence-corrected chi connectivity index (χ2v) is 9.02. The molecule has 0 unspecified atom stereocenters. The van der Waals surface area contributed by atoms with Gasteiger partial charge in [-0.25, -0.2) is 4.98 Å². The molecule has 0 spiro atoms. The monoisotopic (exact) mass is 467 g/mol. The molecule has 0 radical (unpaired) electrons. The molecule has 3 aromatic rings. The number of carbonyl (C=O) groups is 1. The van der Waals surface area contributed by atoms with Gasteiger partial charge in [-0.1, -0.05) is 57.2 Å². The Morgan fingerprint density at radius 2 is 1.71 bits per heavy atom. The summed E-state index contributed by atoms with van der Waals surface area (Å²) >= 11 is 0. The number of anilines is 1. The maximum Gasteiger partial charge on any atom is 0.433 e. The van der Waals surface area contributed by atoms with E-state index in [1.165, 1.54) is 5.01 Å². The highest BCUT2D eigenvalue weighted by Gasteiger charge is 2.35. The number of aryl methyl sites for hydroxylation is 1. The van der Waals surface area contributed by atoms with Crippen LogP contribution in [-0.2, 0) is 6.18 Å². The summed E-state index contributed by atoms with van der Waals surface area (Å²) in [7, 11) is 0. The first kappa shape index (κ1) is 24.7. The van der Waals surface area contributed by atoms with E-state index in [0.717, 1.165) is 16.7 Å². The minimum Gasteiger partial charge on any atom is -0.267 e. The number of nitriles is 1. The molecule has 0 saturated heterocycles. The average Bonchev–Trinajstić information content (AvgIpc) is 2.77. The minimum absolute atomic E-state index is 0.138. The highest BCUT2D eigenvalue weighted by Crippen LogP contribution is 2.30. The molecule has 1 heterocycles. The highest BCUT2D eigenvalue weighted by molar-refractivity contribution is 5.95. The van der Waals surface area contributed by atoms with Crippen molar-refractivity contribution in [2.75, 3.05) is 11.6 Å². The van der Waals surface area contributed by atoms with Crippen molar-refractivity contribution in [2.24, 2.45) is 5.41 Å². The molecule has 0 fully saturated rings. The van der Waals surface area contributed by atoms with Gasteiger partial charge in [0.2, 0.25) is 5.82 Å². The predicted octanol–water partition coefficient (Wildman–Crippen LogP) is 5.54. The summed E-state index contributed by atoms with van der Waals surface area (Å²) in [5.41, 5.74) is 4.34. The summed E-state index contributed by atoms with van der Waals surface area (Å²) in [4.78, 5) is 20.1. The lowest BCUT2D eigenvalue weighted by atomic mass is 9.96. The van der Waals surface area contributed by atoms with Crippen molar-refractivity contribution >= 4 is 11.7 Å². The molecular weight excluding hydrogens is 443 g/mol. The summed E-state index contributed by atoms with van der Waals surface area (Å²) in [6.07, 6.45) is -4.77. The standard InChI is InChI=1S/C25H24F3N5O/c1-16-7-5-6-8-19(16)17-9-11-18(12-10-17)23(34)32-33(15-24(2,3)4)22-13-20(25(26,27)28)30-21(14-29)31-22/h5-13H,15H2,1-4H3,(H,32,34). The number of rotatable bonds is 5. The zero-order chi connectivity index (χ0) is 25.1. The van der Waals surface area contributed by atoms with Gasteiger partial charge in [-0.2, -0.15) is 23.4 Å². The molecule has 0 aliphatic carbocycles. The van der Waals surface area contributed by atoms with Crippen LogP contribution in [0.4, 0.5) is 19.0 Å². The average molecular weight is 467 g/mol. The number of aromatic nitrogens is 2. The maximum atomic E-state index is 13.3. The van der Waals surface area contributed by atoms with Gasteiger partial charge < -0.3 is 0 Å². The van der Waals surface area contributed by atoms with Crippen LogP contribution in [0.2, 0.25) is 0 Å². The molecule has 9 heteroatoms. The van der Waals surface area contributed by atoms with Gasteiger partial charge in [-0.3, -0.25) is 15.2 Å². The fraction of sp³-hybridized carbons (Fsp3) is 0.280. The van der Waals surface area contributed by atoms with Crippen LogP contribution in [0.1, 0.15) is 48.2 Å². The lowest BCUT2D eigenvalue weighted by Gasteiger charge is -2.31. The molecule has 1 N–H and O–H groups in total. The van der Waals surface area contributed by atoms with E-state index in [4.69, 9.17) is 5.26 Å². The summed E-state index contributed by atoms with van der Waals surface area (Å²) in [6.45, 7) is 7.71. The largest absolute Gasteiger partial charge is 0.433 e. The van der Waals surface area contributed by atoms with Crippen LogP contribution in [-0.4, -0.2) is 22.4 Å². The summed E-state index contributed by atoms with van der Waals surface area (Å²) in [6, 6.07) is 17.0. The highest BCUT2D eigenvalue weighted by atomic mass is 19.4. The number of carbonyl (C=O) groups excluding carboxylic acids is 1. The predicted molar refractivity (Wildman–Crippen MR) is 123 cm³/mol. The minimum atomic E-state index is -4.77. The number of halogens is 3. The van der Waals surface area contributed by atoms with Crippen LogP contribution in [0, 0.1) is 23.7 Å². The van der Waals surface area contributed by atoms with E-state index in [-0.39, 0.29) is 12.4 Å². The first-order chi connectivity index (χ1) is 15.9. The van der Waals surface area contributed by atoms with Crippen LogP contribution in [0.5, 0.6) is 0 Å². The quantitative estimate of drug-likeness (QED) is 0.498.